The normalized spacial score (nSPS) is 10.9. The Morgan fingerprint density at radius 1 is 0.737 bits per heavy atom. The summed E-state index contributed by atoms with van der Waals surface area (Å²) in [7, 11) is 0. The molecule has 0 bridgehead atoms. The molecular formula is C31H27F4NO2. The van der Waals surface area contributed by atoms with Gasteiger partial charge >= 0.3 is 0 Å². The van der Waals surface area contributed by atoms with Gasteiger partial charge in [0.25, 0.3) is 0 Å². The second kappa shape index (κ2) is 12.4. The molecule has 0 N–H and O–H groups in total. The number of halogens is 4. The molecule has 0 amide bonds. The number of nitrogens with zero attached hydrogens (tertiary/aromatic N) is 1. The summed E-state index contributed by atoms with van der Waals surface area (Å²) in [6.45, 7) is 6.07. The van der Waals surface area contributed by atoms with E-state index in [1.807, 2.05) is 6.92 Å². The number of aromatic nitrogens is 1. The lowest BCUT2D eigenvalue weighted by atomic mass is 9.98. The summed E-state index contributed by atoms with van der Waals surface area (Å²) in [5, 5.41) is 0. The standard InChI is InChI=1S/C31H27F4NO2/c1-3-5-18-38-26-16-15-24(30(34)31(26)35)21-9-6-20(7-10-21)8-11-22-12-14-25(29(33)28(22)32)23-13-17-27(36-19-23)37-4-2/h3,6-7,9-10,12-17,19H,1,4-5,8,11,18H2,2H3. The van der Waals surface area contributed by atoms with Gasteiger partial charge in [-0.25, -0.2) is 18.2 Å². The molecule has 0 saturated carbocycles. The van der Waals surface area contributed by atoms with E-state index >= 15 is 0 Å². The van der Waals surface area contributed by atoms with E-state index < -0.39 is 23.3 Å². The third kappa shape index (κ3) is 6.05. The number of ether oxygens (including phenoxy) is 2. The summed E-state index contributed by atoms with van der Waals surface area (Å²) in [5.74, 6) is -3.60. The molecule has 0 aliphatic carbocycles. The Labute approximate surface area is 219 Å². The van der Waals surface area contributed by atoms with Crippen LogP contribution in [0.5, 0.6) is 11.6 Å². The number of pyridine rings is 1. The zero-order valence-corrected chi connectivity index (χ0v) is 20.9. The molecule has 1 aromatic heterocycles. The number of rotatable bonds is 11. The summed E-state index contributed by atoms with van der Waals surface area (Å²) in [4.78, 5) is 4.11. The average Bonchev–Trinajstić information content (AvgIpc) is 2.93. The van der Waals surface area contributed by atoms with E-state index in [4.69, 9.17) is 9.47 Å². The van der Waals surface area contributed by atoms with E-state index in [2.05, 4.69) is 11.6 Å². The van der Waals surface area contributed by atoms with Crippen LogP contribution in [0.2, 0.25) is 0 Å². The van der Waals surface area contributed by atoms with Gasteiger partial charge in [0.05, 0.1) is 13.2 Å². The van der Waals surface area contributed by atoms with Crippen molar-refractivity contribution in [2.75, 3.05) is 13.2 Å². The Balaban J connectivity index is 1.44. The molecular weight excluding hydrogens is 494 g/mol. The van der Waals surface area contributed by atoms with Crippen molar-refractivity contribution in [2.45, 2.75) is 26.2 Å². The van der Waals surface area contributed by atoms with Crippen LogP contribution in [0.4, 0.5) is 17.6 Å². The SMILES string of the molecule is C=CCCOc1ccc(-c2ccc(CCc3ccc(-c4ccc(OCC)nc4)c(F)c3F)cc2)c(F)c1F. The van der Waals surface area contributed by atoms with Gasteiger partial charge in [0.15, 0.2) is 23.2 Å². The number of hydrogen-bond donors (Lipinski definition) is 0. The highest BCUT2D eigenvalue weighted by atomic mass is 19.2. The van der Waals surface area contributed by atoms with Crippen molar-refractivity contribution in [1.29, 1.82) is 0 Å². The molecule has 38 heavy (non-hydrogen) atoms. The molecule has 0 spiro atoms. The minimum absolute atomic E-state index is 0.109. The first-order chi connectivity index (χ1) is 18.4. The third-order valence-electron chi connectivity index (χ3n) is 6.08. The predicted molar refractivity (Wildman–Crippen MR) is 140 cm³/mol. The van der Waals surface area contributed by atoms with Crippen molar-refractivity contribution in [3.05, 3.63) is 114 Å². The predicted octanol–water partition coefficient (Wildman–Crippen LogP) is 8.11. The van der Waals surface area contributed by atoms with Gasteiger partial charge in [-0.15, -0.1) is 6.58 Å². The van der Waals surface area contributed by atoms with E-state index in [1.165, 1.54) is 24.4 Å². The molecule has 3 aromatic carbocycles. The topological polar surface area (TPSA) is 31.4 Å². The van der Waals surface area contributed by atoms with E-state index in [1.54, 1.807) is 48.5 Å². The first kappa shape index (κ1) is 26.9. The van der Waals surface area contributed by atoms with Crippen LogP contribution in [0.1, 0.15) is 24.5 Å². The molecule has 196 valence electrons. The molecule has 7 heteroatoms. The van der Waals surface area contributed by atoms with Crippen LogP contribution in [0.25, 0.3) is 22.3 Å². The third-order valence-corrected chi connectivity index (χ3v) is 6.08. The molecule has 4 rings (SSSR count). The Hall–Kier alpha value is -4.13. The van der Waals surface area contributed by atoms with Gasteiger partial charge in [0.1, 0.15) is 0 Å². The van der Waals surface area contributed by atoms with Gasteiger partial charge < -0.3 is 9.47 Å². The molecule has 0 aliphatic rings. The number of aryl methyl sites for hydroxylation is 2. The molecule has 3 nitrogen and oxygen atoms in total. The van der Waals surface area contributed by atoms with Crippen molar-refractivity contribution in [3.8, 4) is 33.9 Å². The number of hydrogen-bond acceptors (Lipinski definition) is 3. The van der Waals surface area contributed by atoms with Gasteiger partial charge in [-0.3, -0.25) is 0 Å². The van der Waals surface area contributed by atoms with Gasteiger partial charge in [-0.2, -0.15) is 4.39 Å². The van der Waals surface area contributed by atoms with Crippen LogP contribution in [0, 0.1) is 23.3 Å². The highest BCUT2D eigenvalue weighted by Gasteiger charge is 2.17. The summed E-state index contributed by atoms with van der Waals surface area (Å²) < 4.78 is 69.3. The maximum Gasteiger partial charge on any atom is 0.213 e. The fourth-order valence-corrected chi connectivity index (χ4v) is 4.03. The van der Waals surface area contributed by atoms with Crippen molar-refractivity contribution in [3.63, 3.8) is 0 Å². The molecule has 0 fully saturated rings. The van der Waals surface area contributed by atoms with E-state index in [-0.39, 0.29) is 35.5 Å². The number of benzene rings is 3. The highest BCUT2D eigenvalue weighted by Crippen LogP contribution is 2.31. The molecule has 0 aliphatic heterocycles. The summed E-state index contributed by atoms with van der Waals surface area (Å²) in [6, 6.07) is 16.1. The van der Waals surface area contributed by atoms with Crippen LogP contribution in [-0.4, -0.2) is 18.2 Å². The lowest BCUT2D eigenvalue weighted by Crippen LogP contribution is -2.01. The fraction of sp³-hybridized carbons (Fsp3) is 0.194. The molecule has 0 unspecified atom stereocenters. The van der Waals surface area contributed by atoms with Gasteiger partial charge in [-0.05, 0) is 61.1 Å². The minimum atomic E-state index is -1.04. The summed E-state index contributed by atoms with van der Waals surface area (Å²) in [5.41, 5.74) is 2.27. The quantitative estimate of drug-likeness (QED) is 0.114. The second-order valence-electron chi connectivity index (χ2n) is 8.58. The van der Waals surface area contributed by atoms with Gasteiger partial charge in [0, 0.05) is 29.0 Å². The monoisotopic (exact) mass is 521 g/mol. The smallest absolute Gasteiger partial charge is 0.213 e. The Bertz CT molecular complexity index is 1400. The van der Waals surface area contributed by atoms with Crippen LogP contribution < -0.4 is 9.47 Å². The molecule has 0 saturated heterocycles. The Morgan fingerprint density at radius 2 is 1.42 bits per heavy atom. The van der Waals surface area contributed by atoms with Crippen molar-refractivity contribution >= 4 is 0 Å². The molecule has 0 radical (unpaired) electrons. The lowest BCUT2D eigenvalue weighted by molar-refractivity contribution is 0.302. The summed E-state index contributed by atoms with van der Waals surface area (Å²) in [6.07, 6.45) is 4.30. The van der Waals surface area contributed by atoms with Gasteiger partial charge in [0.2, 0.25) is 11.7 Å². The lowest BCUT2D eigenvalue weighted by Gasteiger charge is -2.11. The fourth-order valence-electron chi connectivity index (χ4n) is 4.03. The largest absolute Gasteiger partial charge is 0.490 e. The first-order valence-corrected chi connectivity index (χ1v) is 12.3. The Kier molecular flexibility index (Phi) is 8.79. The van der Waals surface area contributed by atoms with E-state index in [0.29, 0.717) is 36.5 Å². The average molecular weight is 522 g/mol. The van der Waals surface area contributed by atoms with Crippen LogP contribution in [0.15, 0.2) is 79.5 Å². The Morgan fingerprint density at radius 3 is 2.11 bits per heavy atom. The van der Waals surface area contributed by atoms with Crippen molar-refractivity contribution in [1.82, 2.24) is 4.98 Å². The van der Waals surface area contributed by atoms with Crippen molar-refractivity contribution < 1.29 is 27.0 Å². The van der Waals surface area contributed by atoms with Crippen LogP contribution >= 0.6 is 0 Å². The molecule has 1 heterocycles. The van der Waals surface area contributed by atoms with Crippen LogP contribution in [0.3, 0.4) is 0 Å². The van der Waals surface area contributed by atoms with Crippen LogP contribution in [-0.2, 0) is 12.8 Å². The zero-order chi connectivity index (χ0) is 27.1. The zero-order valence-electron chi connectivity index (χ0n) is 20.9. The molecule has 0 atom stereocenters. The second-order valence-corrected chi connectivity index (χ2v) is 8.58. The van der Waals surface area contributed by atoms with Gasteiger partial charge in [-0.1, -0.05) is 42.5 Å². The highest BCUT2D eigenvalue weighted by molar-refractivity contribution is 5.66. The maximum absolute atomic E-state index is 14.8. The van der Waals surface area contributed by atoms with Crippen molar-refractivity contribution in [2.24, 2.45) is 0 Å². The minimum Gasteiger partial charge on any atom is -0.490 e. The summed E-state index contributed by atoms with van der Waals surface area (Å²) >= 11 is 0. The van der Waals surface area contributed by atoms with E-state index in [9.17, 15) is 17.6 Å². The van der Waals surface area contributed by atoms with E-state index in [0.717, 1.165) is 5.56 Å². The molecule has 4 aromatic rings. The first-order valence-electron chi connectivity index (χ1n) is 12.3. The maximum atomic E-state index is 14.8.